The summed E-state index contributed by atoms with van der Waals surface area (Å²) in [5.74, 6) is 0. The quantitative estimate of drug-likeness (QED) is 0.388. The number of hydrogen-bond acceptors (Lipinski definition) is 5. The molecule has 2 aliphatic rings. The van der Waals surface area contributed by atoms with Crippen LogP contribution in [0.2, 0.25) is 0 Å². The summed E-state index contributed by atoms with van der Waals surface area (Å²) in [5, 5.41) is 3.18. The zero-order valence-electron chi connectivity index (χ0n) is 21.1. The molecule has 0 atom stereocenters. The van der Waals surface area contributed by atoms with Gasteiger partial charge in [-0.05, 0) is 99.9 Å². The van der Waals surface area contributed by atoms with Gasteiger partial charge in [0.1, 0.15) is 5.60 Å². The summed E-state index contributed by atoms with van der Waals surface area (Å²) in [6.45, 7) is 13.4. The van der Waals surface area contributed by atoms with Crippen LogP contribution in [-0.4, -0.2) is 80.9 Å². The second-order valence-corrected chi connectivity index (χ2v) is 11.9. The molecule has 0 bridgehead atoms. The lowest BCUT2D eigenvalue weighted by atomic mass is 10.2. The molecule has 2 saturated heterocycles. The van der Waals surface area contributed by atoms with E-state index in [0.29, 0.717) is 0 Å². The highest BCUT2D eigenvalue weighted by molar-refractivity contribution is 9.13. The van der Waals surface area contributed by atoms with Gasteiger partial charge in [0, 0.05) is 65.8 Å². The number of anilines is 1. The highest BCUT2D eigenvalue weighted by Gasteiger charge is 2.22. The molecule has 2 heterocycles. The number of nitrogens with one attached hydrogen (secondary N) is 1. The Balaban J connectivity index is 0.000000192. The summed E-state index contributed by atoms with van der Waals surface area (Å²) in [7, 11) is 2.18. The van der Waals surface area contributed by atoms with E-state index in [1.54, 1.807) is 4.90 Å². The van der Waals surface area contributed by atoms with E-state index in [1.807, 2.05) is 45.0 Å². The van der Waals surface area contributed by atoms with Gasteiger partial charge in [-0.25, -0.2) is 4.79 Å². The fraction of sp³-hybridized carbons (Fsp3) is 0.500. The number of carbonyl (C=O) groups is 1. The number of carbonyl (C=O) groups excluding carboxylic acids is 1. The Hall–Kier alpha value is -1.13. The Kier molecular flexibility index (Phi) is 13.1. The van der Waals surface area contributed by atoms with E-state index in [1.165, 1.54) is 10.2 Å². The number of rotatable bonds is 1. The van der Waals surface area contributed by atoms with Crippen molar-refractivity contribution in [3.05, 3.63) is 61.9 Å². The van der Waals surface area contributed by atoms with E-state index in [2.05, 4.69) is 94.2 Å². The lowest BCUT2D eigenvalue weighted by Gasteiger charge is -2.34. The molecule has 6 nitrogen and oxygen atoms in total. The number of hydrogen-bond donors (Lipinski definition) is 1. The van der Waals surface area contributed by atoms with E-state index in [4.69, 9.17) is 4.74 Å². The number of amides is 1. The largest absolute Gasteiger partial charge is 0.444 e. The van der Waals surface area contributed by atoms with E-state index < -0.39 is 0 Å². The van der Waals surface area contributed by atoms with Crippen molar-refractivity contribution >= 4 is 59.6 Å². The molecule has 1 N–H and O–H groups in total. The Morgan fingerprint density at radius 3 is 1.74 bits per heavy atom. The van der Waals surface area contributed by atoms with Crippen LogP contribution >= 0.6 is 47.8 Å². The van der Waals surface area contributed by atoms with Gasteiger partial charge >= 0.3 is 6.09 Å². The molecular weight excluding hydrogens is 640 g/mol. The second kappa shape index (κ2) is 15.2. The summed E-state index contributed by atoms with van der Waals surface area (Å²) in [4.78, 5) is 18.0. The van der Waals surface area contributed by atoms with Gasteiger partial charge in [0.2, 0.25) is 0 Å². The Labute approximate surface area is 235 Å². The van der Waals surface area contributed by atoms with Crippen LogP contribution in [0.4, 0.5) is 10.5 Å². The van der Waals surface area contributed by atoms with Gasteiger partial charge in [0.15, 0.2) is 0 Å². The number of benzene rings is 2. The highest BCUT2D eigenvalue weighted by atomic mass is 79.9. The van der Waals surface area contributed by atoms with E-state index in [-0.39, 0.29) is 11.7 Å². The number of para-hydroxylation sites is 1. The summed E-state index contributed by atoms with van der Waals surface area (Å²) in [6.07, 6.45) is -0.200. The summed E-state index contributed by atoms with van der Waals surface area (Å²) in [5.41, 5.74) is 0.933. The third-order valence-corrected chi connectivity index (χ3v) is 7.88. The van der Waals surface area contributed by atoms with Gasteiger partial charge < -0.3 is 24.8 Å². The predicted molar refractivity (Wildman–Crippen MR) is 156 cm³/mol. The van der Waals surface area contributed by atoms with Crippen LogP contribution in [0.25, 0.3) is 0 Å². The summed E-state index contributed by atoms with van der Waals surface area (Å²) < 4.78 is 8.63. The first-order valence-corrected chi connectivity index (χ1v) is 14.2. The standard InChI is InChI=1S/C11H15BrN2.C9H18N2O2.C6H4Br2/c1-13-6-8-14(9-7-13)11-5-3-2-4-10(11)12;1-9(2,3)13-8(12)11-6-4-10-5-7-11;7-5-3-1-2-4-6(5)8/h2-5H,6-9H2,1H3;10H,4-7H2,1-3H3;1-4H. The molecule has 35 heavy (non-hydrogen) atoms. The maximum atomic E-state index is 11.5. The topological polar surface area (TPSA) is 48.1 Å². The van der Waals surface area contributed by atoms with Crippen LogP contribution < -0.4 is 10.2 Å². The van der Waals surface area contributed by atoms with Crippen molar-refractivity contribution < 1.29 is 9.53 Å². The van der Waals surface area contributed by atoms with E-state index >= 15 is 0 Å². The molecule has 1 amide bonds. The Morgan fingerprint density at radius 1 is 0.800 bits per heavy atom. The molecule has 0 aromatic heterocycles. The minimum atomic E-state index is -0.387. The first-order chi connectivity index (χ1) is 16.6. The normalized spacial score (nSPS) is 16.4. The third-order valence-electron chi connectivity index (χ3n) is 5.29. The number of piperazine rings is 2. The minimum absolute atomic E-state index is 0.200. The van der Waals surface area contributed by atoms with Crippen molar-refractivity contribution in [2.75, 3.05) is 64.3 Å². The average Bonchev–Trinajstić information content (AvgIpc) is 2.82. The molecule has 2 aromatic carbocycles. The van der Waals surface area contributed by atoms with Crippen LogP contribution in [0.15, 0.2) is 61.9 Å². The molecule has 4 rings (SSSR count). The van der Waals surface area contributed by atoms with E-state index in [9.17, 15) is 4.79 Å². The molecule has 0 aliphatic carbocycles. The van der Waals surface area contributed by atoms with Gasteiger partial charge in [-0.15, -0.1) is 0 Å². The van der Waals surface area contributed by atoms with Crippen molar-refractivity contribution in [2.24, 2.45) is 0 Å². The Bertz CT molecular complexity index is 888. The predicted octanol–water partition coefficient (Wildman–Crippen LogP) is 6.24. The maximum absolute atomic E-state index is 11.5. The average molecular weight is 677 g/mol. The minimum Gasteiger partial charge on any atom is -0.444 e. The SMILES string of the molecule is Brc1ccccc1Br.CC(C)(C)OC(=O)N1CCNCC1.CN1CCN(c2ccccc2Br)CC1. The lowest BCUT2D eigenvalue weighted by Crippen LogP contribution is -2.48. The zero-order chi connectivity index (χ0) is 25.8. The number of halogens is 3. The summed E-state index contributed by atoms with van der Waals surface area (Å²) in [6, 6.07) is 16.4. The molecule has 0 saturated carbocycles. The fourth-order valence-corrected chi connectivity index (χ4v) is 4.47. The smallest absolute Gasteiger partial charge is 0.410 e. The van der Waals surface area contributed by atoms with Gasteiger partial charge in [0.05, 0.1) is 5.69 Å². The lowest BCUT2D eigenvalue weighted by molar-refractivity contribution is 0.0229. The van der Waals surface area contributed by atoms with Crippen LogP contribution in [0, 0.1) is 0 Å². The molecule has 0 unspecified atom stereocenters. The van der Waals surface area contributed by atoms with Crippen LogP contribution in [0.1, 0.15) is 20.8 Å². The van der Waals surface area contributed by atoms with Gasteiger partial charge in [-0.2, -0.15) is 0 Å². The zero-order valence-corrected chi connectivity index (χ0v) is 25.8. The number of ether oxygens (including phenoxy) is 1. The first kappa shape index (κ1) is 30.1. The van der Waals surface area contributed by atoms with Crippen molar-refractivity contribution in [1.82, 2.24) is 15.1 Å². The molecular formula is C26H37Br3N4O2. The van der Waals surface area contributed by atoms with Gasteiger partial charge in [-0.3, -0.25) is 0 Å². The molecule has 0 radical (unpaired) electrons. The van der Waals surface area contributed by atoms with Crippen LogP contribution in [0.3, 0.4) is 0 Å². The van der Waals surface area contributed by atoms with Gasteiger partial charge in [0.25, 0.3) is 0 Å². The number of likely N-dealkylation sites (N-methyl/N-ethyl adjacent to an activating group) is 1. The molecule has 0 spiro atoms. The third kappa shape index (κ3) is 11.6. The highest BCUT2D eigenvalue weighted by Crippen LogP contribution is 2.26. The molecule has 9 heteroatoms. The number of nitrogens with zero attached hydrogens (tertiary/aromatic N) is 3. The second-order valence-electron chi connectivity index (χ2n) is 9.37. The molecule has 2 fully saturated rings. The Morgan fingerprint density at radius 2 is 1.29 bits per heavy atom. The molecule has 2 aromatic rings. The molecule has 2 aliphatic heterocycles. The van der Waals surface area contributed by atoms with Crippen molar-refractivity contribution in [1.29, 1.82) is 0 Å². The van der Waals surface area contributed by atoms with Crippen LogP contribution in [-0.2, 0) is 4.74 Å². The van der Waals surface area contributed by atoms with Crippen molar-refractivity contribution in [3.8, 4) is 0 Å². The monoisotopic (exact) mass is 674 g/mol. The van der Waals surface area contributed by atoms with E-state index in [0.717, 1.165) is 61.3 Å². The van der Waals surface area contributed by atoms with Crippen LogP contribution in [0.5, 0.6) is 0 Å². The fourth-order valence-electron chi connectivity index (χ4n) is 3.37. The summed E-state index contributed by atoms with van der Waals surface area (Å²) >= 11 is 10.3. The van der Waals surface area contributed by atoms with Crippen molar-refractivity contribution in [2.45, 2.75) is 26.4 Å². The molecule has 194 valence electrons. The first-order valence-electron chi connectivity index (χ1n) is 11.8. The maximum Gasteiger partial charge on any atom is 0.410 e. The van der Waals surface area contributed by atoms with Crippen molar-refractivity contribution in [3.63, 3.8) is 0 Å². The van der Waals surface area contributed by atoms with Gasteiger partial charge in [-0.1, -0.05) is 24.3 Å².